The van der Waals surface area contributed by atoms with E-state index in [9.17, 15) is 9.59 Å². The maximum atomic E-state index is 12.3. The first-order valence-corrected chi connectivity index (χ1v) is 7.73. The fourth-order valence-corrected chi connectivity index (χ4v) is 2.05. The molecule has 126 valence electrons. The number of hydrogen-bond acceptors (Lipinski definition) is 4. The number of carbonyl (C=O) groups is 2. The Labute approximate surface area is 141 Å². The molecule has 2 rings (SSSR count). The van der Waals surface area contributed by atoms with E-state index in [4.69, 9.17) is 9.47 Å². The number of esters is 1. The molecule has 0 saturated carbocycles. The van der Waals surface area contributed by atoms with Crippen molar-refractivity contribution in [1.29, 1.82) is 0 Å². The van der Waals surface area contributed by atoms with E-state index in [1.165, 1.54) is 7.11 Å². The van der Waals surface area contributed by atoms with E-state index in [-0.39, 0.29) is 17.8 Å². The molecule has 0 heterocycles. The minimum atomic E-state index is -0.369. The third-order valence-corrected chi connectivity index (χ3v) is 3.28. The van der Waals surface area contributed by atoms with Crippen molar-refractivity contribution >= 4 is 17.6 Å². The number of methoxy groups -OCH3 is 1. The van der Waals surface area contributed by atoms with Gasteiger partial charge in [0.1, 0.15) is 5.75 Å². The maximum absolute atomic E-state index is 12.3. The average Bonchev–Trinajstić information content (AvgIpc) is 2.60. The molecule has 0 aliphatic carbocycles. The van der Waals surface area contributed by atoms with E-state index in [0.717, 1.165) is 0 Å². The molecule has 0 fully saturated rings. The van der Waals surface area contributed by atoms with Crippen molar-refractivity contribution in [2.45, 2.75) is 13.8 Å². The van der Waals surface area contributed by atoms with Crippen LogP contribution in [0.5, 0.6) is 5.75 Å². The summed E-state index contributed by atoms with van der Waals surface area (Å²) in [5, 5.41) is 2.78. The van der Waals surface area contributed by atoms with Gasteiger partial charge >= 0.3 is 5.97 Å². The summed E-state index contributed by atoms with van der Waals surface area (Å²) >= 11 is 0. The standard InChI is InChI=1S/C19H21NO4/c1-13(2)12-24-19(22)14-8-10-15(11-9-14)20-18(21)16-6-4-5-7-17(16)23-3/h4-11,13H,12H2,1-3H3,(H,20,21). The van der Waals surface area contributed by atoms with Crippen LogP contribution in [0.1, 0.15) is 34.6 Å². The molecule has 0 radical (unpaired) electrons. The van der Waals surface area contributed by atoms with Crippen LogP contribution < -0.4 is 10.1 Å². The van der Waals surface area contributed by atoms with E-state index >= 15 is 0 Å². The zero-order valence-corrected chi connectivity index (χ0v) is 14.0. The van der Waals surface area contributed by atoms with Crippen molar-refractivity contribution in [3.8, 4) is 5.75 Å². The number of rotatable bonds is 6. The highest BCUT2D eigenvalue weighted by atomic mass is 16.5. The van der Waals surface area contributed by atoms with Gasteiger partial charge in [-0.25, -0.2) is 4.79 Å². The summed E-state index contributed by atoms with van der Waals surface area (Å²) in [6.45, 7) is 4.33. The number of benzene rings is 2. The van der Waals surface area contributed by atoms with Crippen molar-refractivity contribution in [2.24, 2.45) is 5.92 Å². The van der Waals surface area contributed by atoms with Gasteiger partial charge in [-0.1, -0.05) is 26.0 Å². The van der Waals surface area contributed by atoms with Crippen molar-refractivity contribution < 1.29 is 19.1 Å². The molecule has 2 aromatic rings. The highest BCUT2D eigenvalue weighted by Gasteiger charge is 2.12. The minimum Gasteiger partial charge on any atom is -0.496 e. The van der Waals surface area contributed by atoms with Gasteiger partial charge in [0.2, 0.25) is 0 Å². The number of para-hydroxylation sites is 1. The number of ether oxygens (including phenoxy) is 2. The van der Waals surface area contributed by atoms with Crippen molar-refractivity contribution in [3.63, 3.8) is 0 Å². The Morgan fingerprint density at radius 3 is 2.33 bits per heavy atom. The van der Waals surface area contributed by atoms with E-state index in [1.54, 1.807) is 48.5 Å². The smallest absolute Gasteiger partial charge is 0.338 e. The fraction of sp³-hybridized carbons (Fsp3) is 0.263. The Bertz CT molecular complexity index is 708. The van der Waals surface area contributed by atoms with Crippen LogP contribution >= 0.6 is 0 Å². The molecule has 0 spiro atoms. The molecule has 24 heavy (non-hydrogen) atoms. The second kappa shape index (κ2) is 8.15. The van der Waals surface area contributed by atoms with Gasteiger partial charge in [0.05, 0.1) is 24.8 Å². The molecule has 0 unspecified atom stereocenters. The summed E-state index contributed by atoms with van der Waals surface area (Å²) in [5.74, 6) is 0.145. The van der Waals surface area contributed by atoms with Crippen LogP contribution in [-0.4, -0.2) is 25.6 Å². The van der Waals surface area contributed by atoms with Gasteiger partial charge in [0, 0.05) is 5.69 Å². The second-order valence-electron chi connectivity index (χ2n) is 5.72. The van der Waals surface area contributed by atoms with Crippen molar-refractivity contribution in [3.05, 3.63) is 59.7 Å². The SMILES string of the molecule is COc1ccccc1C(=O)Nc1ccc(C(=O)OCC(C)C)cc1. The molecule has 0 aliphatic rings. The van der Waals surface area contributed by atoms with Crippen LogP contribution in [0.2, 0.25) is 0 Å². The summed E-state index contributed by atoms with van der Waals surface area (Å²) < 4.78 is 10.3. The minimum absolute atomic E-state index is 0.275. The number of amides is 1. The van der Waals surface area contributed by atoms with Crippen molar-refractivity contribution in [1.82, 2.24) is 0 Å². The van der Waals surface area contributed by atoms with E-state index in [1.807, 2.05) is 13.8 Å². The Morgan fingerprint density at radius 1 is 1.04 bits per heavy atom. The molecule has 2 aromatic carbocycles. The fourth-order valence-electron chi connectivity index (χ4n) is 2.05. The largest absolute Gasteiger partial charge is 0.496 e. The molecule has 5 nitrogen and oxygen atoms in total. The predicted octanol–water partition coefficient (Wildman–Crippen LogP) is 3.76. The van der Waals surface area contributed by atoms with Crippen LogP contribution in [0.4, 0.5) is 5.69 Å². The summed E-state index contributed by atoms with van der Waals surface area (Å²) in [4.78, 5) is 24.2. The van der Waals surface area contributed by atoms with E-state index < -0.39 is 0 Å². The Kier molecular flexibility index (Phi) is 5.95. The Hall–Kier alpha value is -2.82. The lowest BCUT2D eigenvalue weighted by molar-refractivity contribution is 0.0459. The number of nitrogens with one attached hydrogen (secondary N) is 1. The molecule has 0 aliphatic heterocycles. The average molecular weight is 327 g/mol. The number of anilines is 1. The molecule has 0 atom stereocenters. The molecule has 1 N–H and O–H groups in total. The Balaban J connectivity index is 2.03. The van der Waals surface area contributed by atoms with Crippen molar-refractivity contribution in [2.75, 3.05) is 19.0 Å². The Morgan fingerprint density at radius 2 is 1.71 bits per heavy atom. The summed E-state index contributed by atoms with van der Waals surface area (Å²) in [5.41, 5.74) is 1.48. The first kappa shape index (κ1) is 17.5. The van der Waals surface area contributed by atoms with E-state index in [2.05, 4.69) is 5.32 Å². The summed E-state index contributed by atoms with van der Waals surface area (Å²) in [6.07, 6.45) is 0. The van der Waals surface area contributed by atoms with Gasteiger partial charge in [-0.15, -0.1) is 0 Å². The van der Waals surface area contributed by atoms with Gasteiger partial charge in [0.25, 0.3) is 5.91 Å². The van der Waals surface area contributed by atoms with Crippen LogP contribution in [0.25, 0.3) is 0 Å². The third-order valence-electron chi connectivity index (χ3n) is 3.28. The summed E-state index contributed by atoms with van der Waals surface area (Å²) in [6, 6.07) is 13.6. The van der Waals surface area contributed by atoms with E-state index in [0.29, 0.717) is 29.2 Å². The van der Waals surface area contributed by atoms with Gasteiger partial charge in [-0.05, 0) is 42.3 Å². The highest BCUT2D eigenvalue weighted by molar-refractivity contribution is 6.06. The normalized spacial score (nSPS) is 10.3. The van der Waals surface area contributed by atoms with Gasteiger partial charge in [0.15, 0.2) is 0 Å². The lowest BCUT2D eigenvalue weighted by Crippen LogP contribution is -2.13. The zero-order chi connectivity index (χ0) is 17.5. The predicted molar refractivity (Wildman–Crippen MR) is 92.5 cm³/mol. The highest BCUT2D eigenvalue weighted by Crippen LogP contribution is 2.19. The molecular formula is C19H21NO4. The molecule has 5 heteroatoms. The summed E-state index contributed by atoms with van der Waals surface area (Å²) in [7, 11) is 1.52. The van der Waals surface area contributed by atoms with Crippen LogP contribution in [-0.2, 0) is 4.74 Å². The van der Waals surface area contributed by atoms with Crippen LogP contribution in [0, 0.1) is 5.92 Å². The monoisotopic (exact) mass is 327 g/mol. The maximum Gasteiger partial charge on any atom is 0.338 e. The van der Waals surface area contributed by atoms with Crippen LogP contribution in [0.15, 0.2) is 48.5 Å². The lowest BCUT2D eigenvalue weighted by Gasteiger charge is -2.10. The number of carbonyl (C=O) groups excluding carboxylic acids is 2. The van der Waals surface area contributed by atoms with Gasteiger partial charge in [-0.3, -0.25) is 4.79 Å². The number of hydrogen-bond donors (Lipinski definition) is 1. The van der Waals surface area contributed by atoms with Gasteiger partial charge < -0.3 is 14.8 Å². The van der Waals surface area contributed by atoms with Gasteiger partial charge in [-0.2, -0.15) is 0 Å². The first-order chi connectivity index (χ1) is 11.5. The molecule has 0 bridgehead atoms. The third kappa shape index (κ3) is 4.59. The zero-order valence-electron chi connectivity index (χ0n) is 14.0. The molecular weight excluding hydrogens is 306 g/mol. The lowest BCUT2D eigenvalue weighted by atomic mass is 10.1. The quantitative estimate of drug-likeness (QED) is 0.821. The molecule has 0 aromatic heterocycles. The molecule has 0 saturated heterocycles. The van der Waals surface area contributed by atoms with Crippen LogP contribution in [0.3, 0.4) is 0 Å². The first-order valence-electron chi connectivity index (χ1n) is 7.73. The topological polar surface area (TPSA) is 64.6 Å². The molecule has 1 amide bonds. The second-order valence-corrected chi connectivity index (χ2v) is 5.72.